The molecule has 1 unspecified atom stereocenters. The summed E-state index contributed by atoms with van der Waals surface area (Å²) in [6.07, 6.45) is -0.647. The molecule has 0 aromatic rings. The fraction of sp³-hybridized carbons (Fsp3) is 0.778. The number of amides is 1. The summed E-state index contributed by atoms with van der Waals surface area (Å²) >= 11 is 0. The molecule has 1 heterocycles. The minimum atomic E-state index is -4.09. The van der Waals surface area contributed by atoms with E-state index in [4.69, 9.17) is 10.8 Å². The van der Waals surface area contributed by atoms with Crippen molar-refractivity contribution in [3.63, 3.8) is 0 Å². The normalized spacial score (nSPS) is 23.3. The number of hydrogen-bond donors (Lipinski definition) is 3. The van der Waals surface area contributed by atoms with Gasteiger partial charge in [-0.3, -0.25) is 9.59 Å². The number of sulfonamides is 1. The number of carboxylic acid groups (broad SMARTS) is 1. The van der Waals surface area contributed by atoms with Crippen LogP contribution in [0.3, 0.4) is 0 Å². The maximum absolute atomic E-state index is 11.9. The van der Waals surface area contributed by atoms with Crippen molar-refractivity contribution in [1.82, 2.24) is 4.72 Å². The second-order valence-electron chi connectivity index (χ2n) is 4.58. The summed E-state index contributed by atoms with van der Waals surface area (Å²) in [6, 6.07) is -1.50. The summed E-state index contributed by atoms with van der Waals surface area (Å²) in [5, 5.41) is 7.73. The highest BCUT2D eigenvalue weighted by molar-refractivity contribution is 7.95. The second-order valence-corrected chi connectivity index (χ2v) is 8.80. The number of hydrogen-bond acceptors (Lipinski definition) is 6. The van der Waals surface area contributed by atoms with Crippen LogP contribution in [0.25, 0.3) is 0 Å². The van der Waals surface area contributed by atoms with Crippen LogP contribution in [0.1, 0.15) is 19.3 Å². The van der Waals surface area contributed by atoms with Crippen LogP contribution in [-0.2, 0) is 29.4 Å². The molecule has 4 N–H and O–H groups in total. The first-order valence-electron chi connectivity index (χ1n) is 5.76. The molecule has 116 valence electrons. The van der Waals surface area contributed by atoms with Crippen LogP contribution in [0, 0.1) is 0 Å². The van der Waals surface area contributed by atoms with Gasteiger partial charge in [-0.2, -0.15) is 0 Å². The zero-order valence-electron chi connectivity index (χ0n) is 10.5. The Morgan fingerprint density at radius 2 is 2.00 bits per heavy atom. The van der Waals surface area contributed by atoms with E-state index in [1.807, 2.05) is 4.72 Å². The fourth-order valence-electron chi connectivity index (χ4n) is 1.82. The van der Waals surface area contributed by atoms with Crippen molar-refractivity contribution in [1.29, 1.82) is 0 Å². The van der Waals surface area contributed by atoms with E-state index in [9.17, 15) is 26.4 Å². The third-order valence-electron chi connectivity index (χ3n) is 2.91. The van der Waals surface area contributed by atoms with E-state index in [1.54, 1.807) is 0 Å². The molecule has 0 bridgehead atoms. The summed E-state index contributed by atoms with van der Waals surface area (Å²) in [5.74, 6) is -2.96. The van der Waals surface area contributed by atoms with Crippen LogP contribution in [0.15, 0.2) is 0 Å². The van der Waals surface area contributed by atoms with Crippen LogP contribution in [-0.4, -0.2) is 56.6 Å². The predicted octanol–water partition coefficient (Wildman–Crippen LogP) is -2.19. The largest absolute Gasteiger partial charge is 0.480 e. The van der Waals surface area contributed by atoms with Crippen LogP contribution < -0.4 is 10.5 Å². The van der Waals surface area contributed by atoms with Crippen LogP contribution in [0.4, 0.5) is 0 Å². The average Bonchev–Trinajstić information content (AvgIpc) is 2.65. The number of nitrogens with two attached hydrogens (primary N) is 1. The summed E-state index contributed by atoms with van der Waals surface area (Å²) < 4.78 is 48.3. The molecule has 2 atom stereocenters. The lowest BCUT2D eigenvalue weighted by atomic mass is 10.2. The zero-order chi connectivity index (χ0) is 15.6. The topological polar surface area (TPSA) is 161 Å². The Bertz CT molecular complexity index is 596. The minimum absolute atomic E-state index is 0.0696. The molecular formula is C9H16N2O7S2. The summed E-state index contributed by atoms with van der Waals surface area (Å²) in [4.78, 5) is 21.5. The number of rotatable bonds is 7. The van der Waals surface area contributed by atoms with Crippen molar-refractivity contribution in [2.45, 2.75) is 30.6 Å². The lowest BCUT2D eigenvalue weighted by molar-refractivity contribution is -0.139. The van der Waals surface area contributed by atoms with Gasteiger partial charge in [0.15, 0.2) is 9.84 Å². The number of carbonyl (C=O) groups is 2. The number of primary amides is 1. The Kier molecular flexibility index (Phi) is 5.10. The van der Waals surface area contributed by atoms with Gasteiger partial charge in [0.1, 0.15) is 6.04 Å². The molecule has 0 radical (unpaired) electrons. The molecule has 0 aliphatic carbocycles. The van der Waals surface area contributed by atoms with E-state index >= 15 is 0 Å². The molecule has 11 heteroatoms. The highest BCUT2D eigenvalue weighted by atomic mass is 32.2. The van der Waals surface area contributed by atoms with Crippen molar-refractivity contribution in [2.75, 3.05) is 11.5 Å². The first kappa shape index (κ1) is 16.9. The van der Waals surface area contributed by atoms with Crippen molar-refractivity contribution in [3.8, 4) is 0 Å². The Balaban J connectivity index is 2.77. The molecule has 1 amide bonds. The van der Waals surface area contributed by atoms with Gasteiger partial charge in [-0.05, 0) is 12.8 Å². The third-order valence-corrected chi connectivity index (χ3v) is 6.79. The predicted molar refractivity (Wildman–Crippen MR) is 69.0 cm³/mol. The molecule has 0 spiro atoms. The van der Waals surface area contributed by atoms with Gasteiger partial charge in [-0.1, -0.05) is 0 Å². The zero-order valence-corrected chi connectivity index (χ0v) is 12.1. The lowest BCUT2D eigenvalue weighted by Gasteiger charge is -2.17. The van der Waals surface area contributed by atoms with Gasteiger partial charge >= 0.3 is 5.97 Å². The molecule has 1 saturated heterocycles. The Morgan fingerprint density at radius 1 is 1.40 bits per heavy atom. The van der Waals surface area contributed by atoms with Gasteiger partial charge in [-0.15, -0.1) is 0 Å². The molecule has 9 nitrogen and oxygen atoms in total. The van der Waals surface area contributed by atoms with E-state index in [-0.39, 0.29) is 25.0 Å². The molecule has 1 aliphatic rings. The number of nitrogens with one attached hydrogen (secondary N) is 1. The van der Waals surface area contributed by atoms with E-state index in [0.717, 1.165) is 0 Å². The Labute approximate surface area is 116 Å². The van der Waals surface area contributed by atoms with E-state index in [1.165, 1.54) is 0 Å². The number of carboxylic acids is 1. The first-order valence-corrected chi connectivity index (χ1v) is 9.13. The van der Waals surface area contributed by atoms with Gasteiger partial charge in [-0.25, -0.2) is 21.6 Å². The van der Waals surface area contributed by atoms with Gasteiger partial charge in [0.05, 0.1) is 16.8 Å². The highest BCUT2D eigenvalue weighted by Gasteiger charge is 2.39. The quantitative estimate of drug-likeness (QED) is 0.478. The minimum Gasteiger partial charge on any atom is -0.480 e. The number of carbonyl (C=O) groups excluding carboxylic acids is 1. The van der Waals surface area contributed by atoms with E-state index in [2.05, 4.69) is 0 Å². The highest BCUT2D eigenvalue weighted by Crippen LogP contribution is 2.19. The van der Waals surface area contributed by atoms with Crippen LogP contribution in [0.5, 0.6) is 0 Å². The molecular weight excluding hydrogens is 312 g/mol. The molecule has 1 rings (SSSR count). The lowest BCUT2D eigenvalue weighted by Crippen LogP contribution is -2.45. The van der Waals surface area contributed by atoms with Gasteiger partial charge in [0.2, 0.25) is 15.9 Å². The first-order chi connectivity index (χ1) is 9.03. The molecule has 0 aromatic heterocycles. The fourth-order valence-corrected chi connectivity index (χ4v) is 6.09. The standard InChI is InChI=1S/C9H16N2O7S2/c10-8(12)2-1-7(9(13)14)11-20(17,18)6-3-4-19(15,16)5-6/h6-7,11H,1-5H2,(H2,10,12)(H,13,14)/t6?,7-/m0/s1. The molecule has 1 aliphatic heterocycles. The Morgan fingerprint density at radius 3 is 2.40 bits per heavy atom. The van der Waals surface area contributed by atoms with Crippen molar-refractivity contribution < 1.29 is 31.5 Å². The van der Waals surface area contributed by atoms with Gasteiger partial charge < -0.3 is 10.8 Å². The number of aliphatic carboxylic acids is 1. The summed E-state index contributed by atoms with van der Waals surface area (Å²) in [5.41, 5.74) is 4.87. The molecule has 20 heavy (non-hydrogen) atoms. The third kappa shape index (κ3) is 4.72. The van der Waals surface area contributed by atoms with Crippen molar-refractivity contribution in [3.05, 3.63) is 0 Å². The SMILES string of the molecule is NC(=O)CC[C@H](NS(=O)(=O)C1CCS(=O)(=O)C1)C(=O)O. The maximum Gasteiger partial charge on any atom is 0.321 e. The van der Waals surface area contributed by atoms with E-state index in [0.29, 0.717) is 0 Å². The smallest absolute Gasteiger partial charge is 0.321 e. The Hall–Kier alpha value is -1.20. The monoisotopic (exact) mass is 328 g/mol. The summed E-state index contributed by atoms with van der Waals surface area (Å²) in [7, 11) is -7.49. The molecule has 0 aromatic carbocycles. The van der Waals surface area contributed by atoms with Gasteiger partial charge in [0, 0.05) is 6.42 Å². The number of sulfone groups is 1. The average molecular weight is 328 g/mol. The maximum atomic E-state index is 11.9. The van der Waals surface area contributed by atoms with E-state index < -0.39 is 48.8 Å². The summed E-state index contributed by atoms with van der Waals surface area (Å²) in [6.45, 7) is 0. The molecule has 0 saturated carbocycles. The molecule has 1 fully saturated rings. The second kappa shape index (κ2) is 6.06. The van der Waals surface area contributed by atoms with Crippen LogP contribution in [0.2, 0.25) is 0 Å². The van der Waals surface area contributed by atoms with Crippen LogP contribution >= 0.6 is 0 Å². The van der Waals surface area contributed by atoms with Crippen molar-refractivity contribution >= 4 is 31.7 Å². The van der Waals surface area contributed by atoms with Crippen molar-refractivity contribution in [2.24, 2.45) is 5.73 Å². The van der Waals surface area contributed by atoms with Gasteiger partial charge in [0.25, 0.3) is 0 Å².